The van der Waals surface area contributed by atoms with Gasteiger partial charge in [-0.3, -0.25) is 4.79 Å². The Morgan fingerprint density at radius 3 is 2.62 bits per heavy atom. The van der Waals surface area contributed by atoms with Crippen molar-refractivity contribution in [1.29, 1.82) is 0 Å². The molecule has 0 saturated carbocycles. The maximum Gasteiger partial charge on any atom is 0.289 e. The maximum atomic E-state index is 12.6. The van der Waals surface area contributed by atoms with Crippen molar-refractivity contribution in [1.82, 2.24) is 4.90 Å². The predicted octanol–water partition coefficient (Wildman–Crippen LogP) is 2.00. The van der Waals surface area contributed by atoms with Gasteiger partial charge in [-0.2, -0.15) is 0 Å². The van der Waals surface area contributed by atoms with Crippen LogP contribution in [0.25, 0.3) is 0 Å². The van der Waals surface area contributed by atoms with Gasteiger partial charge in [-0.15, -0.1) is 0 Å². The van der Waals surface area contributed by atoms with Crippen LogP contribution in [0.4, 0.5) is 0 Å². The molecule has 3 rings (SSSR count). The highest BCUT2D eigenvalue weighted by molar-refractivity contribution is 5.91. The first-order valence-corrected chi connectivity index (χ1v) is 7.89. The SMILES string of the molecule is COCc1ccc(C(=O)N2C[C@H](c3ccc(OC)cc3)[C@@H](N)C2)o1. The monoisotopic (exact) mass is 330 g/mol. The van der Waals surface area contributed by atoms with Gasteiger partial charge in [0.2, 0.25) is 0 Å². The van der Waals surface area contributed by atoms with Crippen molar-refractivity contribution in [3.63, 3.8) is 0 Å². The Balaban J connectivity index is 1.70. The molecule has 1 aliphatic heterocycles. The van der Waals surface area contributed by atoms with E-state index in [1.165, 1.54) is 0 Å². The highest BCUT2D eigenvalue weighted by atomic mass is 16.5. The van der Waals surface area contributed by atoms with E-state index in [1.807, 2.05) is 24.3 Å². The van der Waals surface area contributed by atoms with Gasteiger partial charge in [0.1, 0.15) is 18.1 Å². The molecule has 1 fully saturated rings. The smallest absolute Gasteiger partial charge is 0.289 e. The van der Waals surface area contributed by atoms with Gasteiger partial charge in [0, 0.05) is 32.2 Å². The number of nitrogens with two attached hydrogens (primary N) is 1. The second kappa shape index (κ2) is 7.07. The molecule has 1 aromatic carbocycles. The van der Waals surface area contributed by atoms with Crippen LogP contribution in [-0.2, 0) is 11.3 Å². The van der Waals surface area contributed by atoms with Gasteiger partial charge in [0.25, 0.3) is 5.91 Å². The zero-order valence-corrected chi connectivity index (χ0v) is 13.9. The molecule has 0 spiro atoms. The highest BCUT2D eigenvalue weighted by Gasteiger charge is 2.35. The third kappa shape index (κ3) is 3.29. The number of amides is 1. The van der Waals surface area contributed by atoms with Crippen LogP contribution in [-0.4, -0.2) is 44.2 Å². The molecule has 0 radical (unpaired) electrons. The van der Waals surface area contributed by atoms with E-state index >= 15 is 0 Å². The topological polar surface area (TPSA) is 77.9 Å². The summed E-state index contributed by atoms with van der Waals surface area (Å²) in [6.45, 7) is 1.43. The van der Waals surface area contributed by atoms with Crippen LogP contribution in [0.3, 0.4) is 0 Å². The molecule has 2 heterocycles. The second-order valence-corrected chi connectivity index (χ2v) is 5.95. The number of hydrogen-bond donors (Lipinski definition) is 1. The summed E-state index contributed by atoms with van der Waals surface area (Å²) < 4.78 is 15.7. The Morgan fingerprint density at radius 1 is 1.21 bits per heavy atom. The van der Waals surface area contributed by atoms with Crippen LogP contribution in [0.2, 0.25) is 0 Å². The third-order valence-electron chi connectivity index (χ3n) is 4.36. The van der Waals surface area contributed by atoms with Gasteiger partial charge in [-0.1, -0.05) is 12.1 Å². The highest BCUT2D eigenvalue weighted by Crippen LogP contribution is 2.29. The van der Waals surface area contributed by atoms with Crippen molar-refractivity contribution in [2.45, 2.75) is 18.6 Å². The molecular formula is C18H22N2O4. The van der Waals surface area contributed by atoms with Crippen LogP contribution >= 0.6 is 0 Å². The zero-order chi connectivity index (χ0) is 17.1. The molecule has 6 heteroatoms. The normalized spacial score (nSPS) is 20.4. The minimum Gasteiger partial charge on any atom is -0.497 e. The number of rotatable bonds is 5. The van der Waals surface area contributed by atoms with E-state index in [9.17, 15) is 4.79 Å². The Hall–Kier alpha value is -2.31. The first kappa shape index (κ1) is 16.5. The van der Waals surface area contributed by atoms with Gasteiger partial charge in [-0.25, -0.2) is 0 Å². The van der Waals surface area contributed by atoms with Crippen LogP contribution in [0.5, 0.6) is 5.75 Å². The van der Waals surface area contributed by atoms with E-state index in [4.69, 9.17) is 19.6 Å². The first-order valence-electron chi connectivity index (χ1n) is 7.89. The van der Waals surface area contributed by atoms with Crippen molar-refractivity contribution in [2.75, 3.05) is 27.3 Å². The lowest BCUT2D eigenvalue weighted by Crippen LogP contribution is -2.32. The fourth-order valence-corrected chi connectivity index (χ4v) is 3.07. The van der Waals surface area contributed by atoms with Crippen molar-refractivity contribution in [3.05, 3.63) is 53.5 Å². The van der Waals surface area contributed by atoms with E-state index in [1.54, 1.807) is 31.3 Å². The summed E-state index contributed by atoms with van der Waals surface area (Å²) in [5, 5.41) is 0. The average molecular weight is 330 g/mol. The molecule has 2 aromatic rings. The van der Waals surface area contributed by atoms with Crippen molar-refractivity contribution in [2.24, 2.45) is 5.73 Å². The van der Waals surface area contributed by atoms with Crippen molar-refractivity contribution < 1.29 is 18.7 Å². The average Bonchev–Trinajstić information content (AvgIpc) is 3.22. The van der Waals surface area contributed by atoms with Crippen LogP contribution < -0.4 is 10.5 Å². The number of benzene rings is 1. The molecule has 1 saturated heterocycles. The van der Waals surface area contributed by atoms with Crippen LogP contribution in [0.1, 0.15) is 27.8 Å². The number of likely N-dealkylation sites (tertiary alicyclic amines) is 1. The molecular weight excluding hydrogens is 308 g/mol. The standard InChI is InChI=1S/C18H22N2O4/c1-22-11-14-7-8-17(24-14)18(21)20-9-15(16(19)10-20)12-3-5-13(23-2)6-4-12/h3-8,15-16H,9-11,19H2,1-2H3/t15-,16+/m1/s1. The summed E-state index contributed by atoms with van der Waals surface area (Å²) >= 11 is 0. The number of furan rings is 1. The third-order valence-corrected chi connectivity index (χ3v) is 4.36. The predicted molar refractivity (Wildman–Crippen MR) is 89.0 cm³/mol. The fourth-order valence-electron chi connectivity index (χ4n) is 3.07. The molecule has 0 unspecified atom stereocenters. The molecule has 1 aliphatic rings. The lowest BCUT2D eigenvalue weighted by Gasteiger charge is -2.15. The fraction of sp³-hybridized carbons (Fsp3) is 0.389. The Kier molecular flexibility index (Phi) is 4.87. The molecule has 128 valence electrons. The Morgan fingerprint density at radius 2 is 1.96 bits per heavy atom. The molecule has 2 atom stereocenters. The number of carbonyl (C=O) groups excluding carboxylic acids is 1. The number of ether oxygens (including phenoxy) is 2. The van der Waals surface area contributed by atoms with E-state index in [0.29, 0.717) is 31.2 Å². The van der Waals surface area contributed by atoms with E-state index in [2.05, 4.69) is 0 Å². The number of hydrogen-bond acceptors (Lipinski definition) is 5. The largest absolute Gasteiger partial charge is 0.497 e. The summed E-state index contributed by atoms with van der Waals surface area (Å²) in [5.74, 6) is 1.73. The van der Waals surface area contributed by atoms with Gasteiger partial charge in [0.15, 0.2) is 5.76 Å². The summed E-state index contributed by atoms with van der Waals surface area (Å²) in [6.07, 6.45) is 0. The maximum absolute atomic E-state index is 12.6. The van der Waals surface area contributed by atoms with E-state index in [-0.39, 0.29) is 17.9 Å². The number of carbonyl (C=O) groups is 1. The van der Waals surface area contributed by atoms with Gasteiger partial charge in [-0.05, 0) is 29.8 Å². The minimum atomic E-state index is -0.135. The van der Waals surface area contributed by atoms with Gasteiger partial charge in [0.05, 0.1) is 7.11 Å². The molecule has 2 N–H and O–H groups in total. The van der Waals surface area contributed by atoms with E-state index in [0.717, 1.165) is 11.3 Å². The summed E-state index contributed by atoms with van der Waals surface area (Å²) in [7, 11) is 3.22. The Bertz CT molecular complexity index is 695. The minimum absolute atomic E-state index is 0.101. The van der Waals surface area contributed by atoms with Crippen LogP contribution in [0, 0.1) is 0 Å². The molecule has 24 heavy (non-hydrogen) atoms. The van der Waals surface area contributed by atoms with Gasteiger partial charge >= 0.3 is 0 Å². The summed E-state index contributed by atoms with van der Waals surface area (Å²) in [6, 6.07) is 11.2. The summed E-state index contributed by atoms with van der Waals surface area (Å²) in [4.78, 5) is 14.3. The number of methoxy groups -OCH3 is 2. The van der Waals surface area contributed by atoms with Crippen LogP contribution in [0.15, 0.2) is 40.8 Å². The second-order valence-electron chi connectivity index (χ2n) is 5.95. The van der Waals surface area contributed by atoms with Gasteiger partial charge < -0.3 is 24.5 Å². The molecule has 0 aliphatic carbocycles. The number of nitrogens with zero attached hydrogens (tertiary/aromatic N) is 1. The first-order chi connectivity index (χ1) is 11.6. The molecule has 1 amide bonds. The lowest BCUT2D eigenvalue weighted by atomic mass is 9.95. The summed E-state index contributed by atoms with van der Waals surface area (Å²) in [5.41, 5.74) is 7.37. The zero-order valence-electron chi connectivity index (χ0n) is 13.9. The van der Waals surface area contributed by atoms with E-state index < -0.39 is 0 Å². The lowest BCUT2D eigenvalue weighted by molar-refractivity contribution is 0.0749. The van der Waals surface area contributed by atoms with Crippen molar-refractivity contribution in [3.8, 4) is 5.75 Å². The molecule has 0 bridgehead atoms. The molecule has 1 aromatic heterocycles. The van der Waals surface area contributed by atoms with Crippen molar-refractivity contribution >= 4 is 5.91 Å². The molecule has 6 nitrogen and oxygen atoms in total. The Labute approximate surface area is 141 Å². The quantitative estimate of drug-likeness (QED) is 0.907.